The molecule has 1 amide bonds. The molecule has 1 rings (SSSR count). The third-order valence-corrected chi connectivity index (χ3v) is 3.68. The van der Waals surface area contributed by atoms with E-state index in [0.29, 0.717) is 25.3 Å². The van der Waals surface area contributed by atoms with Crippen molar-refractivity contribution in [2.24, 2.45) is 0 Å². The highest BCUT2D eigenvalue weighted by molar-refractivity contribution is 9.11. The van der Waals surface area contributed by atoms with Gasteiger partial charge in [-0.1, -0.05) is 15.9 Å². The first-order chi connectivity index (χ1) is 9.08. The molecule has 1 aromatic carbocycles. The Hall–Kier alpha value is -0.590. The van der Waals surface area contributed by atoms with Crippen LogP contribution in [0.5, 0.6) is 5.75 Å². The third-order valence-electron chi connectivity index (χ3n) is 2.57. The van der Waals surface area contributed by atoms with Gasteiger partial charge in [0.1, 0.15) is 5.75 Å². The van der Waals surface area contributed by atoms with E-state index in [-0.39, 0.29) is 19.1 Å². The first-order valence-electron chi connectivity index (χ1n) is 6.05. The standard InChI is InChI=1S/C13H17Br2NO3/c1-2-16(6-3-7-17)13(18)9-19-12-5-4-10(14)8-11(12)15/h4-5,8,17H,2-3,6-7,9H2,1H3. The lowest BCUT2D eigenvalue weighted by Gasteiger charge is -2.20. The summed E-state index contributed by atoms with van der Waals surface area (Å²) in [6.45, 7) is 3.16. The van der Waals surface area contributed by atoms with Crippen LogP contribution in [0.15, 0.2) is 27.1 Å². The highest BCUT2D eigenvalue weighted by Crippen LogP contribution is 2.28. The van der Waals surface area contributed by atoms with Crippen LogP contribution in [0.25, 0.3) is 0 Å². The van der Waals surface area contributed by atoms with Gasteiger partial charge in [-0.25, -0.2) is 0 Å². The lowest BCUT2D eigenvalue weighted by molar-refractivity contribution is -0.133. The fourth-order valence-electron chi connectivity index (χ4n) is 1.54. The molecule has 0 saturated heterocycles. The normalized spacial score (nSPS) is 10.3. The summed E-state index contributed by atoms with van der Waals surface area (Å²) in [5.74, 6) is 0.556. The molecule has 1 N–H and O–H groups in total. The first kappa shape index (κ1) is 16.5. The number of amides is 1. The third kappa shape index (κ3) is 5.50. The predicted octanol–water partition coefficient (Wildman–Crippen LogP) is 2.82. The minimum atomic E-state index is -0.0780. The molecule has 6 heteroatoms. The van der Waals surface area contributed by atoms with Crippen molar-refractivity contribution in [1.82, 2.24) is 4.90 Å². The zero-order valence-electron chi connectivity index (χ0n) is 10.7. The molecule has 0 fully saturated rings. The summed E-state index contributed by atoms with van der Waals surface area (Å²) in [6.07, 6.45) is 0.585. The van der Waals surface area contributed by atoms with Crippen LogP contribution in [-0.4, -0.2) is 42.2 Å². The van der Waals surface area contributed by atoms with Crippen LogP contribution in [0.3, 0.4) is 0 Å². The van der Waals surface area contributed by atoms with Crippen molar-refractivity contribution in [3.63, 3.8) is 0 Å². The van der Waals surface area contributed by atoms with Gasteiger partial charge in [-0.05, 0) is 47.5 Å². The minimum Gasteiger partial charge on any atom is -0.483 e. The van der Waals surface area contributed by atoms with Gasteiger partial charge < -0.3 is 14.7 Å². The molecule has 0 bridgehead atoms. The Balaban J connectivity index is 2.52. The zero-order chi connectivity index (χ0) is 14.3. The smallest absolute Gasteiger partial charge is 0.260 e. The van der Waals surface area contributed by atoms with Crippen LogP contribution >= 0.6 is 31.9 Å². The second-order valence-corrected chi connectivity index (χ2v) is 5.68. The maximum absolute atomic E-state index is 11.9. The van der Waals surface area contributed by atoms with Crippen molar-refractivity contribution in [3.8, 4) is 5.75 Å². The second-order valence-electron chi connectivity index (χ2n) is 3.91. The quantitative estimate of drug-likeness (QED) is 0.773. The number of aliphatic hydroxyl groups excluding tert-OH is 1. The van der Waals surface area contributed by atoms with Gasteiger partial charge in [0.05, 0.1) is 4.47 Å². The number of benzene rings is 1. The van der Waals surface area contributed by atoms with Crippen molar-refractivity contribution < 1.29 is 14.6 Å². The van der Waals surface area contributed by atoms with E-state index >= 15 is 0 Å². The maximum atomic E-state index is 11.9. The number of hydrogen-bond donors (Lipinski definition) is 1. The van der Waals surface area contributed by atoms with Crippen molar-refractivity contribution in [3.05, 3.63) is 27.1 Å². The topological polar surface area (TPSA) is 49.8 Å². The molecule has 0 aromatic heterocycles. The van der Waals surface area contributed by atoms with Crippen molar-refractivity contribution >= 4 is 37.8 Å². The Morgan fingerprint density at radius 2 is 2.16 bits per heavy atom. The molecule has 0 aliphatic heterocycles. The van der Waals surface area contributed by atoms with E-state index in [4.69, 9.17) is 9.84 Å². The van der Waals surface area contributed by atoms with Crippen LogP contribution in [0, 0.1) is 0 Å². The summed E-state index contributed by atoms with van der Waals surface area (Å²) >= 11 is 6.74. The molecule has 0 spiro atoms. The Labute approximate surface area is 130 Å². The molecular weight excluding hydrogens is 378 g/mol. The molecule has 1 aromatic rings. The molecule has 0 unspecified atom stereocenters. The van der Waals surface area contributed by atoms with Crippen LogP contribution in [-0.2, 0) is 4.79 Å². The van der Waals surface area contributed by atoms with E-state index < -0.39 is 0 Å². The van der Waals surface area contributed by atoms with Gasteiger partial charge in [-0.15, -0.1) is 0 Å². The van der Waals surface area contributed by atoms with Crippen molar-refractivity contribution in [2.75, 3.05) is 26.3 Å². The van der Waals surface area contributed by atoms with E-state index in [1.807, 2.05) is 19.1 Å². The fourth-order valence-corrected chi connectivity index (χ4v) is 2.71. The molecular formula is C13H17Br2NO3. The van der Waals surface area contributed by atoms with E-state index in [9.17, 15) is 4.79 Å². The van der Waals surface area contributed by atoms with Crippen LogP contribution < -0.4 is 4.74 Å². The van der Waals surface area contributed by atoms with Gasteiger partial charge in [0.25, 0.3) is 5.91 Å². The Kier molecular flexibility index (Phi) is 7.41. The van der Waals surface area contributed by atoms with Gasteiger partial charge in [0.15, 0.2) is 6.61 Å². The number of halogens is 2. The summed E-state index contributed by atoms with van der Waals surface area (Å²) in [5, 5.41) is 8.78. The average Bonchev–Trinajstić information content (AvgIpc) is 2.38. The summed E-state index contributed by atoms with van der Waals surface area (Å²) in [7, 11) is 0. The maximum Gasteiger partial charge on any atom is 0.260 e. The van der Waals surface area contributed by atoms with Crippen LogP contribution in [0.1, 0.15) is 13.3 Å². The van der Waals surface area contributed by atoms with E-state index in [1.54, 1.807) is 11.0 Å². The minimum absolute atomic E-state index is 0.000495. The zero-order valence-corrected chi connectivity index (χ0v) is 13.9. The fraction of sp³-hybridized carbons (Fsp3) is 0.462. The highest BCUT2D eigenvalue weighted by atomic mass is 79.9. The predicted molar refractivity (Wildman–Crippen MR) is 81.3 cm³/mol. The van der Waals surface area contributed by atoms with Crippen molar-refractivity contribution in [2.45, 2.75) is 13.3 Å². The lowest BCUT2D eigenvalue weighted by Crippen LogP contribution is -2.35. The number of carbonyl (C=O) groups is 1. The average molecular weight is 395 g/mol. The van der Waals surface area contributed by atoms with Gasteiger partial charge in [0, 0.05) is 24.2 Å². The Morgan fingerprint density at radius 3 is 2.74 bits per heavy atom. The molecule has 0 atom stereocenters. The second kappa shape index (κ2) is 8.55. The molecule has 0 aliphatic rings. The number of hydrogen-bond acceptors (Lipinski definition) is 3. The first-order valence-corrected chi connectivity index (χ1v) is 7.63. The molecule has 0 aliphatic carbocycles. The summed E-state index contributed by atoms with van der Waals surface area (Å²) in [6, 6.07) is 5.52. The van der Waals surface area contributed by atoms with Crippen LogP contribution in [0.4, 0.5) is 0 Å². The summed E-state index contributed by atoms with van der Waals surface area (Å²) < 4.78 is 7.23. The van der Waals surface area contributed by atoms with E-state index in [2.05, 4.69) is 31.9 Å². The largest absolute Gasteiger partial charge is 0.483 e. The number of ether oxygens (including phenoxy) is 1. The van der Waals surface area contributed by atoms with Gasteiger partial charge in [-0.3, -0.25) is 4.79 Å². The number of nitrogens with zero attached hydrogens (tertiary/aromatic N) is 1. The molecule has 0 saturated carbocycles. The van der Waals surface area contributed by atoms with E-state index in [1.165, 1.54) is 0 Å². The summed E-state index contributed by atoms with van der Waals surface area (Å²) in [4.78, 5) is 13.6. The molecule has 0 radical (unpaired) electrons. The summed E-state index contributed by atoms with van der Waals surface area (Å²) in [5.41, 5.74) is 0. The lowest BCUT2D eigenvalue weighted by atomic mass is 10.3. The molecule has 4 nitrogen and oxygen atoms in total. The number of aliphatic hydroxyl groups is 1. The van der Waals surface area contributed by atoms with Gasteiger partial charge in [-0.2, -0.15) is 0 Å². The molecule has 19 heavy (non-hydrogen) atoms. The van der Waals surface area contributed by atoms with Crippen molar-refractivity contribution in [1.29, 1.82) is 0 Å². The number of carbonyl (C=O) groups excluding carboxylic acids is 1. The molecule has 106 valence electrons. The number of likely N-dealkylation sites (N-methyl/N-ethyl adjacent to an activating group) is 1. The molecule has 0 heterocycles. The monoisotopic (exact) mass is 393 g/mol. The Morgan fingerprint density at radius 1 is 1.42 bits per heavy atom. The van der Waals surface area contributed by atoms with Gasteiger partial charge in [0.2, 0.25) is 0 Å². The number of rotatable bonds is 7. The van der Waals surface area contributed by atoms with E-state index in [0.717, 1.165) is 8.95 Å². The Bertz CT molecular complexity index is 426. The highest BCUT2D eigenvalue weighted by Gasteiger charge is 2.12. The van der Waals surface area contributed by atoms with Crippen LogP contribution in [0.2, 0.25) is 0 Å². The SMILES string of the molecule is CCN(CCCO)C(=O)COc1ccc(Br)cc1Br. The van der Waals surface area contributed by atoms with Gasteiger partial charge >= 0.3 is 0 Å².